The number of alkyl halides is 3. The Bertz CT molecular complexity index is 850. The number of nitrogens with one attached hydrogen (secondary N) is 1. The van der Waals surface area contributed by atoms with Crippen molar-refractivity contribution in [1.82, 2.24) is 4.98 Å². The van der Waals surface area contributed by atoms with E-state index in [0.29, 0.717) is 28.1 Å². The van der Waals surface area contributed by atoms with E-state index in [1.807, 2.05) is 0 Å². The Kier molecular flexibility index (Phi) is 3.45. The van der Waals surface area contributed by atoms with Crippen molar-refractivity contribution in [1.29, 1.82) is 0 Å². The molecule has 0 unspecified atom stereocenters. The molecular weight excluding hydrogens is 315 g/mol. The zero-order valence-corrected chi connectivity index (χ0v) is 11.8. The molecule has 0 amide bonds. The molecule has 6 heteroatoms. The molecule has 0 atom stereocenters. The molecule has 0 aliphatic carbocycles. The summed E-state index contributed by atoms with van der Waals surface area (Å²) in [5.41, 5.74) is 1.03. The smallest absolute Gasteiger partial charge is 0.354 e. The third-order valence-corrected chi connectivity index (χ3v) is 3.67. The Balaban J connectivity index is 2.24. The third-order valence-electron chi connectivity index (χ3n) is 3.42. The molecule has 3 rings (SSSR count). The highest BCUT2D eigenvalue weighted by Crippen LogP contribution is 2.35. The van der Waals surface area contributed by atoms with Crippen LogP contribution >= 0.6 is 11.6 Å². The van der Waals surface area contributed by atoms with Gasteiger partial charge in [0.25, 0.3) is 0 Å². The number of aromatic amines is 1. The largest absolute Gasteiger partial charge is 0.416 e. The number of rotatable bonds is 2. The van der Waals surface area contributed by atoms with Crippen molar-refractivity contribution in [2.75, 3.05) is 0 Å². The lowest BCUT2D eigenvalue weighted by Gasteiger charge is -2.06. The molecule has 0 saturated heterocycles. The van der Waals surface area contributed by atoms with Gasteiger partial charge in [-0.2, -0.15) is 13.2 Å². The minimum Gasteiger partial charge on any atom is -0.354 e. The van der Waals surface area contributed by atoms with Gasteiger partial charge in [-0.3, -0.25) is 4.79 Å². The van der Waals surface area contributed by atoms with Gasteiger partial charge in [-0.25, -0.2) is 0 Å². The first-order chi connectivity index (χ1) is 10.4. The molecule has 0 spiro atoms. The van der Waals surface area contributed by atoms with Crippen LogP contribution in [0.4, 0.5) is 13.2 Å². The number of hydrogen-bond donors (Lipinski definition) is 1. The minimum atomic E-state index is -4.45. The zero-order valence-electron chi connectivity index (χ0n) is 11.0. The summed E-state index contributed by atoms with van der Waals surface area (Å²) in [5.74, 6) is 0. The molecule has 0 radical (unpaired) electrons. The second kappa shape index (κ2) is 5.18. The van der Waals surface area contributed by atoms with Gasteiger partial charge < -0.3 is 4.98 Å². The van der Waals surface area contributed by atoms with Crippen LogP contribution < -0.4 is 0 Å². The number of benzene rings is 2. The molecule has 0 aliphatic heterocycles. The fourth-order valence-corrected chi connectivity index (χ4v) is 2.48. The number of hydrogen-bond acceptors (Lipinski definition) is 1. The summed E-state index contributed by atoms with van der Waals surface area (Å²) in [4.78, 5) is 14.4. The predicted molar refractivity (Wildman–Crippen MR) is 79.1 cm³/mol. The van der Waals surface area contributed by atoms with Gasteiger partial charge in [-0.05, 0) is 35.9 Å². The monoisotopic (exact) mass is 323 g/mol. The molecule has 0 fully saturated rings. The number of halogens is 4. The van der Waals surface area contributed by atoms with Gasteiger partial charge in [0.2, 0.25) is 0 Å². The number of aromatic nitrogens is 1. The van der Waals surface area contributed by atoms with Crippen molar-refractivity contribution in [3.05, 3.63) is 58.6 Å². The Morgan fingerprint density at radius 2 is 1.73 bits per heavy atom. The van der Waals surface area contributed by atoms with E-state index < -0.39 is 11.7 Å². The summed E-state index contributed by atoms with van der Waals surface area (Å²) < 4.78 is 38.4. The Morgan fingerprint density at radius 3 is 2.32 bits per heavy atom. The molecule has 0 saturated carbocycles. The van der Waals surface area contributed by atoms with Crippen molar-refractivity contribution in [3.63, 3.8) is 0 Å². The van der Waals surface area contributed by atoms with E-state index in [1.54, 1.807) is 24.3 Å². The maximum absolute atomic E-state index is 12.8. The summed E-state index contributed by atoms with van der Waals surface area (Å²) in [7, 11) is 0. The average Bonchev–Trinajstić information content (AvgIpc) is 2.84. The Hall–Kier alpha value is -2.27. The number of carbonyl (C=O) groups is 1. The molecule has 112 valence electrons. The fourth-order valence-electron chi connectivity index (χ4n) is 2.36. The molecule has 1 N–H and O–H groups in total. The van der Waals surface area contributed by atoms with E-state index in [2.05, 4.69) is 4.98 Å². The Morgan fingerprint density at radius 1 is 1.05 bits per heavy atom. The van der Waals surface area contributed by atoms with Crippen LogP contribution in [0.5, 0.6) is 0 Å². The van der Waals surface area contributed by atoms with Crippen molar-refractivity contribution in [2.24, 2.45) is 0 Å². The summed E-state index contributed by atoms with van der Waals surface area (Å²) in [6, 6.07) is 9.99. The highest BCUT2D eigenvalue weighted by Gasteiger charge is 2.31. The van der Waals surface area contributed by atoms with Crippen molar-refractivity contribution < 1.29 is 18.0 Å². The summed E-state index contributed by atoms with van der Waals surface area (Å²) in [5, 5.41) is 0.779. The SMILES string of the molecule is O=Cc1c(-c2ccc(Cl)cc2)[nH]c2ccc(C(F)(F)F)cc12. The van der Waals surface area contributed by atoms with E-state index in [-0.39, 0.29) is 10.9 Å². The number of fused-ring (bicyclic) bond motifs is 1. The van der Waals surface area contributed by atoms with Crippen molar-refractivity contribution in [2.45, 2.75) is 6.18 Å². The molecule has 2 aromatic carbocycles. The van der Waals surface area contributed by atoms with Crippen molar-refractivity contribution >= 4 is 28.8 Å². The molecular formula is C16H9ClF3NO. The van der Waals surface area contributed by atoms with Gasteiger partial charge >= 0.3 is 6.18 Å². The first-order valence-corrected chi connectivity index (χ1v) is 6.72. The van der Waals surface area contributed by atoms with Crippen LogP contribution in [-0.4, -0.2) is 11.3 Å². The predicted octanol–water partition coefficient (Wildman–Crippen LogP) is 5.32. The fraction of sp³-hybridized carbons (Fsp3) is 0.0625. The van der Waals surface area contributed by atoms with Gasteiger partial charge in [0, 0.05) is 21.5 Å². The van der Waals surface area contributed by atoms with Crippen LogP contribution in [0.25, 0.3) is 22.2 Å². The first kappa shape index (κ1) is 14.7. The summed E-state index contributed by atoms with van der Waals surface area (Å²) in [6.45, 7) is 0. The van der Waals surface area contributed by atoms with Gasteiger partial charge in [0.15, 0.2) is 6.29 Å². The van der Waals surface area contributed by atoms with E-state index in [1.165, 1.54) is 6.07 Å². The average molecular weight is 324 g/mol. The topological polar surface area (TPSA) is 32.9 Å². The van der Waals surface area contributed by atoms with Crippen LogP contribution in [0.15, 0.2) is 42.5 Å². The summed E-state index contributed by atoms with van der Waals surface area (Å²) in [6.07, 6.45) is -3.89. The van der Waals surface area contributed by atoms with Crippen LogP contribution in [0.1, 0.15) is 15.9 Å². The normalized spacial score (nSPS) is 11.8. The molecule has 2 nitrogen and oxygen atoms in total. The van der Waals surface area contributed by atoms with Crippen molar-refractivity contribution in [3.8, 4) is 11.3 Å². The number of carbonyl (C=O) groups excluding carboxylic acids is 1. The first-order valence-electron chi connectivity index (χ1n) is 6.34. The lowest BCUT2D eigenvalue weighted by atomic mass is 10.0. The maximum atomic E-state index is 12.8. The molecule has 1 aromatic heterocycles. The van der Waals surface area contributed by atoms with Gasteiger partial charge in [0.05, 0.1) is 11.3 Å². The van der Waals surface area contributed by atoms with Crippen LogP contribution in [0.2, 0.25) is 5.02 Å². The summed E-state index contributed by atoms with van der Waals surface area (Å²) >= 11 is 5.82. The lowest BCUT2D eigenvalue weighted by molar-refractivity contribution is -0.137. The molecule has 22 heavy (non-hydrogen) atoms. The molecule has 1 heterocycles. The molecule has 0 aliphatic rings. The number of H-pyrrole nitrogens is 1. The Labute approximate surface area is 128 Å². The quantitative estimate of drug-likeness (QED) is 0.636. The third kappa shape index (κ3) is 2.48. The van der Waals surface area contributed by atoms with Crippen LogP contribution in [-0.2, 0) is 6.18 Å². The zero-order chi connectivity index (χ0) is 15.9. The number of aldehydes is 1. The van der Waals surface area contributed by atoms with E-state index in [0.717, 1.165) is 12.1 Å². The van der Waals surface area contributed by atoms with Gasteiger partial charge in [0.1, 0.15) is 0 Å². The second-order valence-corrected chi connectivity index (χ2v) is 5.23. The highest BCUT2D eigenvalue weighted by atomic mass is 35.5. The second-order valence-electron chi connectivity index (χ2n) is 4.80. The molecule has 3 aromatic rings. The van der Waals surface area contributed by atoms with E-state index >= 15 is 0 Å². The van der Waals surface area contributed by atoms with Crippen LogP contribution in [0, 0.1) is 0 Å². The minimum absolute atomic E-state index is 0.198. The standard InChI is InChI=1S/C16H9ClF3NO/c17-11-4-1-9(2-5-11)15-13(8-22)12-7-10(16(18,19)20)3-6-14(12)21-15/h1-8,21H. The van der Waals surface area contributed by atoms with E-state index in [4.69, 9.17) is 11.6 Å². The van der Waals surface area contributed by atoms with E-state index in [9.17, 15) is 18.0 Å². The van der Waals surface area contributed by atoms with Gasteiger partial charge in [-0.1, -0.05) is 23.7 Å². The highest BCUT2D eigenvalue weighted by molar-refractivity contribution is 6.30. The molecule has 0 bridgehead atoms. The van der Waals surface area contributed by atoms with Gasteiger partial charge in [-0.15, -0.1) is 0 Å². The van der Waals surface area contributed by atoms with Crippen LogP contribution in [0.3, 0.4) is 0 Å². The maximum Gasteiger partial charge on any atom is 0.416 e. The lowest BCUT2D eigenvalue weighted by Crippen LogP contribution is -2.04.